The first-order valence-electron chi connectivity index (χ1n) is 5.23. The van der Waals surface area contributed by atoms with Crippen molar-refractivity contribution in [2.24, 2.45) is 0 Å². The molecule has 2 N–H and O–H groups in total. The van der Waals surface area contributed by atoms with Crippen molar-refractivity contribution in [2.75, 3.05) is 5.32 Å². The number of H-pyrrole nitrogens is 1. The van der Waals surface area contributed by atoms with E-state index in [9.17, 15) is 0 Å². The van der Waals surface area contributed by atoms with Crippen LogP contribution in [0.5, 0.6) is 0 Å². The molecule has 1 aromatic carbocycles. The van der Waals surface area contributed by atoms with Crippen molar-refractivity contribution in [3.63, 3.8) is 0 Å². The molecule has 5 nitrogen and oxygen atoms in total. The number of hydrogen-bond acceptors (Lipinski definition) is 4. The average molecular weight is 403 g/mol. The second-order valence-corrected chi connectivity index (χ2v) is 5.71. The van der Waals surface area contributed by atoms with Crippen LogP contribution in [-0.4, -0.2) is 19.9 Å². The minimum Gasteiger partial charge on any atom is -0.340 e. The van der Waals surface area contributed by atoms with Gasteiger partial charge < -0.3 is 10.3 Å². The minimum atomic E-state index is 0.144. The Morgan fingerprint density at radius 2 is 1.89 bits per heavy atom. The summed E-state index contributed by atoms with van der Waals surface area (Å²) in [5.41, 5.74) is 2.07. The number of rotatable bonds is 2. The summed E-state index contributed by atoms with van der Waals surface area (Å²) in [6.45, 7) is 0. The third-order valence-corrected chi connectivity index (χ3v) is 3.96. The van der Waals surface area contributed by atoms with E-state index >= 15 is 0 Å². The van der Waals surface area contributed by atoms with Gasteiger partial charge in [0.2, 0.25) is 5.28 Å². The lowest BCUT2D eigenvalue weighted by Crippen LogP contribution is -1.98. The number of aromatic nitrogens is 4. The quantitative estimate of drug-likeness (QED) is 0.627. The second kappa shape index (κ2) is 5.07. The van der Waals surface area contributed by atoms with E-state index in [-0.39, 0.29) is 5.28 Å². The van der Waals surface area contributed by atoms with E-state index in [1.165, 1.54) is 0 Å². The lowest BCUT2D eigenvalue weighted by molar-refractivity contribution is 1.20. The molecule has 0 fully saturated rings. The molecule has 0 aliphatic rings. The van der Waals surface area contributed by atoms with Gasteiger partial charge in [-0.05, 0) is 55.6 Å². The molecular weight excluding hydrogens is 397 g/mol. The van der Waals surface area contributed by atoms with E-state index in [0.717, 1.165) is 14.6 Å². The molecule has 3 aromatic rings. The standard InChI is InChI=1S/C11H6Br2ClN5/c12-5-2-1-3-6(13)7(5)17-10-8-9(16-4-15-8)18-11(14)19-10/h1-4H,(H2,15,16,17,18,19). The first kappa shape index (κ1) is 12.8. The summed E-state index contributed by atoms with van der Waals surface area (Å²) >= 11 is 12.9. The predicted molar refractivity (Wildman–Crippen MR) is 81.8 cm³/mol. The molecule has 3 rings (SSSR count). The number of fused-ring (bicyclic) bond motifs is 1. The molecule has 2 aromatic heterocycles. The Hall–Kier alpha value is -1.18. The molecule has 0 saturated carbocycles. The van der Waals surface area contributed by atoms with Crippen LogP contribution in [0.1, 0.15) is 0 Å². The number of benzene rings is 1. The fourth-order valence-corrected chi connectivity index (χ4v) is 2.99. The fraction of sp³-hybridized carbons (Fsp3) is 0. The van der Waals surface area contributed by atoms with Gasteiger partial charge >= 0.3 is 0 Å². The molecule has 0 aliphatic heterocycles. The molecule has 0 radical (unpaired) electrons. The first-order valence-corrected chi connectivity index (χ1v) is 7.19. The molecule has 2 heterocycles. The third-order valence-electron chi connectivity index (χ3n) is 2.46. The van der Waals surface area contributed by atoms with Gasteiger partial charge in [-0.2, -0.15) is 9.97 Å². The van der Waals surface area contributed by atoms with Gasteiger partial charge in [0, 0.05) is 8.95 Å². The maximum Gasteiger partial charge on any atom is 0.226 e. The normalized spacial score (nSPS) is 10.9. The van der Waals surface area contributed by atoms with Gasteiger partial charge in [0.25, 0.3) is 0 Å². The summed E-state index contributed by atoms with van der Waals surface area (Å²) in [6, 6.07) is 5.79. The number of aromatic amines is 1. The summed E-state index contributed by atoms with van der Waals surface area (Å²) in [5.74, 6) is 0.570. The number of nitrogens with zero attached hydrogens (tertiary/aromatic N) is 3. The SMILES string of the molecule is Clc1nc(Nc2c(Br)cccc2Br)c2[nH]cnc2n1. The van der Waals surface area contributed by atoms with Crippen LogP contribution < -0.4 is 5.32 Å². The highest BCUT2D eigenvalue weighted by molar-refractivity contribution is 9.11. The van der Waals surface area contributed by atoms with Crippen LogP contribution in [0.4, 0.5) is 11.5 Å². The number of para-hydroxylation sites is 1. The average Bonchev–Trinajstić information content (AvgIpc) is 2.81. The van der Waals surface area contributed by atoms with Crippen LogP contribution in [0.3, 0.4) is 0 Å². The van der Waals surface area contributed by atoms with Crippen molar-refractivity contribution in [3.8, 4) is 0 Å². The molecule has 8 heteroatoms. The van der Waals surface area contributed by atoms with Crippen molar-refractivity contribution in [2.45, 2.75) is 0 Å². The zero-order chi connectivity index (χ0) is 13.4. The molecule has 0 saturated heterocycles. The van der Waals surface area contributed by atoms with Crippen LogP contribution in [-0.2, 0) is 0 Å². The summed E-state index contributed by atoms with van der Waals surface area (Å²) in [6.07, 6.45) is 1.55. The Balaban J connectivity index is 2.13. The van der Waals surface area contributed by atoms with E-state index < -0.39 is 0 Å². The lowest BCUT2D eigenvalue weighted by Gasteiger charge is -2.10. The van der Waals surface area contributed by atoms with Crippen molar-refractivity contribution in [3.05, 3.63) is 38.8 Å². The number of anilines is 2. The lowest BCUT2D eigenvalue weighted by atomic mass is 10.3. The zero-order valence-corrected chi connectivity index (χ0v) is 13.2. The van der Waals surface area contributed by atoms with E-state index in [4.69, 9.17) is 11.6 Å². The van der Waals surface area contributed by atoms with Gasteiger partial charge in [-0.3, -0.25) is 0 Å². The molecule has 0 atom stereocenters. The first-order chi connectivity index (χ1) is 9.15. The molecule has 0 spiro atoms. The van der Waals surface area contributed by atoms with E-state index in [0.29, 0.717) is 17.0 Å². The largest absolute Gasteiger partial charge is 0.340 e. The highest BCUT2D eigenvalue weighted by Crippen LogP contribution is 2.34. The summed E-state index contributed by atoms with van der Waals surface area (Å²) in [5, 5.41) is 3.35. The van der Waals surface area contributed by atoms with Crippen LogP contribution in [0.25, 0.3) is 11.2 Å². The molecule has 96 valence electrons. The highest BCUT2D eigenvalue weighted by atomic mass is 79.9. The van der Waals surface area contributed by atoms with Gasteiger partial charge in [-0.1, -0.05) is 6.07 Å². The highest BCUT2D eigenvalue weighted by Gasteiger charge is 2.12. The predicted octanol–water partition coefficient (Wildman–Crippen LogP) is 4.27. The Morgan fingerprint density at radius 1 is 1.16 bits per heavy atom. The van der Waals surface area contributed by atoms with Crippen LogP contribution >= 0.6 is 43.5 Å². The Kier molecular flexibility index (Phi) is 3.42. The third kappa shape index (κ3) is 2.45. The zero-order valence-electron chi connectivity index (χ0n) is 9.28. The van der Waals surface area contributed by atoms with E-state index in [1.807, 2.05) is 18.2 Å². The molecule has 19 heavy (non-hydrogen) atoms. The van der Waals surface area contributed by atoms with Crippen molar-refractivity contribution < 1.29 is 0 Å². The van der Waals surface area contributed by atoms with Crippen LogP contribution in [0, 0.1) is 0 Å². The summed E-state index contributed by atoms with van der Waals surface area (Å²) < 4.78 is 1.81. The van der Waals surface area contributed by atoms with Gasteiger partial charge in [-0.15, -0.1) is 0 Å². The second-order valence-electron chi connectivity index (χ2n) is 3.66. The molecule has 0 amide bonds. The number of imidazole rings is 1. The molecule has 0 unspecified atom stereocenters. The summed E-state index contributed by atoms with van der Waals surface area (Å²) in [7, 11) is 0. The molecular formula is C11H6Br2ClN5. The maximum absolute atomic E-state index is 5.89. The summed E-state index contributed by atoms with van der Waals surface area (Å²) in [4.78, 5) is 15.3. The van der Waals surface area contributed by atoms with Gasteiger partial charge in [0.15, 0.2) is 11.5 Å². The van der Waals surface area contributed by atoms with Crippen molar-refractivity contribution in [1.29, 1.82) is 0 Å². The van der Waals surface area contributed by atoms with Crippen molar-refractivity contribution in [1.82, 2.24) is 19.9 Å². The molecule has 0 aliphatic carbocycles. The number of nitrogens with one attached hydrogen (secondary N) is 2. The smallest absolute Gasteiger partial charge is 0.226 e. The van der Waals surface area contributed by atoms with E-state index in [1.54, 1.807) is 6.33 Å². The Labute approximate surface area is 130 Å². The van der Waals surface area contributed by atoms with Crippen molar-refractivity contribution >= 4 is 66.1 Å². The number of halogens is 3. The van der Waals surface area contributed by atoms with Crippen LogP contribution in [0.15, 0.2) is 33.5 Å². The van der Waals surface area contributed by atoms with Gasteiger partial charge in [0.1, 0.15) is 5.52 Å². The van der Waals surface area contributed by atoms with Gasteiger partial charge in [-0.25, -0.2) is 4.98 Å². The maximum atomic E-state index is 5.89. The fourth-order valence-electron chi connectivity index (χ4n) is 1.63. The van der Waals surface area contributed by atoms with Gasteiger partial charge in [0.05, 0.1) is 12.0 Å². The monoisotopic (exact) mass is 401 g/mol. The van der Waals surface area contributed by atoms with Crippen LogP contribution in [0.2, 0.25) is 5.28 Å². The topological polar surface area (TPSA) is 66.5 Å². The van der Waals surface area contributed by atoms with E-state index in [2.05, 4.69) is 57.1 Å². The Bertz CT molecular complexity index is 738. The number of hydrogen-bond donors (Lipinski definition) is 2. The Morgan fingerprint density at radius 3 is 2.63 bits per heavy atom. The minimum absolute atomic E-state index is 0.144. The molecule has 0 bridgehead atoms.